The van der Waals surface area contributed by atoms with Gasteiger partial charge in [-0.3, -0.25) is 4.79 Å². The predicted molar refractivity (Wildman–Crippen MR) is 130 cm³/mol. The first-order chi connectivity index (χ1) is 15.4. The quantitative estimate of drug-likeness (QED) is 0.278. The fourth-order valence-corrected chi connectivity index (χ4v) is 3.53. The topological polar surface area (TPSA) is 69.2 Å². The number of benzene rings is 3. The summed E-state index contributed by atoms with van der Waals surface area (Å²) < 4.78 is 17.2. The third kappa shape index (κ3) is 6.16. The number of ether oxygens (including phenoxy) is 3. The van der Waals surface area contributed by atoms with Crippen LogP contribution in [0.2, 0.25) is 10.0 Å². The second-order valence-electron chi connectivity index (χ2n) is 6.49. The Morgan fingerprint density at radius 2 is 1.75 bits per heavy atom. The number of hydrazone groups is 1. The molecule has 0 spiro atoms. The Hall–Kier alpha value is -2.74. The first kappa shape index (κ1) is 23.9. The molecule has 0 atom stereocenters. The normalized spacial score (nSPS) is 10.8. The lowest BCUT2D eigenvalue weighted by atomic mass is 10.2. The first-order valence-electron chi connectivity index (χ1n) is 9.33. The third-order valence-electron chi connectivity index (χ3n) is 4.33. The molecular formula is C23H19BrCl2N2O4. The van der Waals surface area contributed by atoms with Crippen molar-refractivity contribution < 1.29 is 19.0 Å². The highest BCUT2D eigenvalue weighted by Gasteiger charge is 2.14. The molecule has 9 heteroatoms. The number of carbonyl (C=O) groups is 1. The van der Waals surface area contributed by atoms with E-state index in [0.717, 1.165) is 10.0 Å². The molecule has 166 valence electrons. The van der Waals surface area contributed by atoms with Crippen molar-refractivity contribution in [1.82, 2.24) is 5.43 Å². The molecule has 32 heavy (non-hydrogen) atoms. The van der Waals surface area contributed by atoms with Crippen molar-refractivity contribution in [2.24, 2.45) is 5.10 Å². The molecule has 0 aromatic heterocycles. The number of rotatable bonds is 8. The summed E-state index contributed by atoms with van der Waals surface area (Å²) in [6.07, 6.45) is 1.46. The minimum absolute atomic E-state index is 0.297. The Morgan fingerprint density at radius 3 is 2.44 bits per heavy atom. The number of carbonyl (C=O) groups excluding carboxylic acids is 1. The van der Waals surface area contributed by atoms with Crippen LogP contribution in [-0.2, 0) is 6.61 Å². The minimum Gasteiger partial charge on any atom is -0.496 e. The Morgan fingerprint density at radius 1 is 1.03 bits per heavy atom. The molecule has 0 aliphatic carbocycles. The van der Waals surface area contributed by atoms with E-state index in [4.69, 9.17) is 37.4 Å². The number of amides is 1. The van der Waals surface area contributed by atoms with E-state index < -0.39 is 5.91 Å². The standard InChI is InChI=1S/C23H19BrCl2N2O4/c1-30-20-8-5-16(24)11-18(20)23(29)28-27-12-15-9-19(26)22(21(10-15)31-2)32-13-14-3-6-17(25)7-4-14/h3-12H,13H2,1-2H3,(H,28,29)/b27-12-. The zero-order valence-corrected chi connectivity index (χ0v) is 20.3. The molecule has 3 rings (SSSR count). The van der Waals surface area contributed by atoms with Gasteiger partial charge >= 0.3 is 0 Å². The predicted octanol–water partition coefficient (Wildman–Crippen LogP) is 6.12. The van der Waals surface area contributed by atoms with Gasteiger partial charge in [-0.15, -0.1) is 0 Å². The van der Waals surface area contributed by atoms with Crippen molar-refractivity contribution >= 4 is 51.3 Å². The zero-order valence-electron chi connectivity index (χ0n) is 17.2. The fourth-order valence-electron chi connectivity index (χ4n) is 2.77. The molecule has 0 saturated heterocycles. The fraction of sp³-hybridized carbons (Fsp3) is 0.130. The van der Waals surface area contributed by atoms with Crippen LogP contribution in [0.1, 0.15) is 21.5 Å². The number of methoxy groups -OCH3 is 2. The minimum atomic E-state index is -0.416. The molecule has 0 fully saturated rings. The summed E-state index contributed by atoms with van der Waals surface area (Å²) in [7, 11) is 3.01. The summed E-state index contributed by atoms with van der Waals surface area (Å²) in [6, 6.07) is 15.8. The van der Waals surface area contributed by atoms with E-state index in [1.54, 1.807) is 42.5 Å². The number of halogens is 3. The molecule has 1 N–H and O–H groups in total. The summed E-state index contributed by atoms with van der Waals surface area (Å²) in [5.74, 6) is 0.866. The van der Waals surface area contributed by atoms with E-state index in [-0.39, 0.29) is 0 Å². The number of nitrogens with zero attached hydrogens (tertiary/aromatic N) is 1. The van der Waals surface area contributed by atoms with Crippen molar-refractivity contribution in [3.8, 4) is 17.2 Å². The van der Waals surface area contributed by atoms with Crippen molar-refractivity contribution in [2.75, 3.05) is 14.2 Å². The maximum absolute atomic E-state index is 12.4. The van der Waals surface area contributed by atoms with Gasteiger partial charge in [0.1, 0.15) is 12.4 Å². The molecule has 0 saturated carbocycles. The van der Waals surface area contributed by atoms with Crippen LogP contribution in [0, 0.1) is 0 Å². The molecule has 3 aromatic carbocycles. The Bertz CT molecular complexity index is 1140. The molecule has 0 bridgehead atoms. The highest BCUT2D eigenvalue weighted by Crippen LogP contribution is 2.36. The lowest BCUT2D eigenvalue weighted by Crippen LogP contribution is -2.18. The molecule has 6 nitrogen and oxygen atoms in total. The molecule has 0 unspecified atom stereocenters. The molecule has 0 radical (unpaired) electrons. The van der Waals surface area contributed by atoms with Crippen LogP contribution in [0.4, 0.5) is 0 Å². The van der Waals surface area contributed by atoms with Crippen LogP contribution < -0.4 is 19.6 Å². The van der Waals surface area contributed by atoms with Crippen LogP contribution in [0.5, 0.6) is 17.2 Å². The van der Waals surface area contributed by atoms with Crippen molar-refractivity contribution in [3.63, 3.8) is 0 Å². The van der Waals surface area contributed by atoms with Crippen LogP contribution in [0.25, 0.3) is 0 Å². The van der Waals surface area contributed by atoms with E-state index >= 15 is 0 Å². The number of nitrogens with one attached hydrogen (secondary N) is 1. The van der Waals surface area contributed by atoms with Gasteiger partial charge in [0.25, 0.3) is 5.91 Å². The molecular weight excluding hydrogens is 519 g/mol. The Balaban J connectivity index is 1.71. The summed E-state index contributed by atoms with van der Waals surface area (Å²) in [5, 5.41) is 5.01. The second-order valence-corrected chi connectivity index (χ2v) is 8.25. The zero-order chi connectivity index (χ0) is 23.1. The highest BCUT2D eigenvalue weighted by atomic mass is 79.9. The van der Waals surface area contributed by atoms with Gasteiger partial charge < -0.3 is 14.2 Å². The molecule has 0 heterocycles. The van der Waals surface area contributed by atoms with Crippen molar-refractivity contribution in [1.29, 1.82) is 0 Å². The van der Waals surface area contributed by atoms with E-state index in [9.17, 15) is 4.79 Å². The summed E-state index contributed by atoms with van der Waals surface area (Å²) >= 11 is 15.7. The summed E-state index contributed by atoms with van der Waals surface area (Å²) in [6.45, 7) is 0.297. The summed E-state index contributed by atoms with van der Waals surface area (Å²) in [4.78, 5) is 12.4. The lowest BCUT2D eigenvalue weighted by Gasteiger charge is -2.13. The third-order valence-corrected chi connectivity index (χ3v) is 5.36. The monoisotopic (exact) mass is 536 g/mol. The Kier molecular flexibility index (Phi) is 8.39. The maximum atomic E-state index is 12.4. The Labute approximate surface area is 204 Å². The van der Waals surface area contributed by atoms with E-state index in [2.05, 4.69) is 26.5 Å². The van der Waals surface area contributed by atoms with Crippen molar-refractivity contribution in [2.45, 2.75) is 6.61 Å². The largest absolute Gasteiger partial charge is 0.496 e. The van der Waals surface area contributed by atoms with Gasteiger partial charge in [0.15, 0.2) is 11.5 Å². The highest BCUT2D eigenvalue weighted by molar-refractivity contribution is 9.10. The van der Waals surface area contributed by atoms with Gasteiger partial charge in [0.2, 0.25) is 0 Å². The van der Waals surface area contributed by atoms with E-state index in [1.165, 1.54) is 20.4 Å². The van der Waals surface area contributed by atoms with Gasteiger partial charge in [-0.1, -0.05) is 51.3 Å². The van der Waals surface area contributed by atoms with Gasteiger partial charge in [-0.05, 0) is 53.6 Å². The van der Waals surface area contributed by atoms with Crippen LogP contribution in [-0.4, -0.2) is 26.3 Å². The SMILES string of the molecule is COc1ccc(Br)cc1C(=O)N/N=C\c1cc(Cl)c(OCc2ccc(Cl)cc2)c(OC)c1. The molecule has 0 aliphatic rings. The smallest absolute Gasteiger partial charge is 0.275 e. The van der Waals surface area contributed by atoms with Gasteiger partial charge in [0.05, 0.1) is 31.0 Å². The van der Waals surface area contributed by atoms with Gasteiger partial charge in [-0.25, -0.2) is 5.43 Å². The van der Waals surface area contributed by atoms with Gasteiger partial charge in [-0.2, -0.15) is 5.10 Å². The van der Waals surface area contributed by atoms with Crippen LogP contribution >= 0.6 is 39.1 Å². The van der Waals surface area contributed by atoms with Crippen molar-refractivity contribution in [3.05, 3.63) is 85.8 Å². The number of hydrogen-bond donors (Lipinski definition) is 1. The number of hydrogen-bond acceptors (Lipinski definition) is 5. The molecule has 0 aliphatic heterocycles. The molecule has 1 amide bonds. The lowest BCUT2D eigenvalue weighted by molar-refractivity contribution is 0.0952. The van der Waals surface area contributed by atoms with E-state index in [1.807, 2.05) is 12.1 Å². The second kappa shape index (κ2) is 11.2. The van der Waals surface area contributed by atoms with Crippen LogP contribution in [0.3, 0.4) is 0 Å². The average molecular weight is 538 g/mol. The van der Waals surface area contributed by atoms with E-state index in [0.29, 0.717) is 45.0 Å². The first-order valence-corrected chi connectivity index (χ1v) is 10.9. The average Bonchev–Trinajstić information content (AvgIpc) is 2.79. The maximum Gasteiger partial charge on any atom is 0.275 e. The molecule has 3 aromatic rings. The summed E-state index contributed by atoms with van der Waals surface area (Å²) in [5.41, 5.74) is 4.38. The van der Waals surface area contributed by atoms with Crippen LogP contribution in [0.15, 0.2) is 64.2 Å². The van der Waals surface area contributed by atoms with Gasteiger partial charge in [0, 0.05) is 9.50 Å².